The molecule has 1 N–H and O–H groups in total. The van der Waals surface area contributed by atoms with E-state index in [-0.39, 0.29) is 11.6 Å². The van der Waals surface area contributed by atoms with Crippen LogP contribution in [0, 0.1) is 6.92 Å². The number of hydrogen-bond donors (Lipinski definition) is 1. The van der Waals surface area contributed by atoms with Crippen molar-refractivity contribution in [2.24, 2.45) is 0 Å². The van der Waals surface area contributed by atoms with Crippen LogP contribution in [-0.4, -0.2) is 23.6 Å². The van der Waals surface area contributed by atoms with Crippen LogP contribution in [-0.2, 0) is 9.53 Å². The van der Waals surface area contributed by atoms with Gasteiger partial charge in [0.25, 0.3) is 5.91 Å². The Hall–Kier alpha value is -4.19. The molecule has 4 aromatic rings. The third kappa shape index (κ3) is 4.75. The number of hydrogen-bond acceptors (Lipinski definition) is 5. The molecule has 32 heavy (non-hydrogen) atoms. The number of aromatic nitrogens is 1. The predicted molar refractivity (Wildman–Crippen MR) is 120 cm³/mol. The molecule has 1 amide bonds. The van der Waals surface area contributed by atoms with Crippen LogP contribution in [0.5, 0.6) is 0 Å². The molecule has 0 saturated heterocycles. The largest absolute Gasteiger partial charge is 0.452 e. The normalized spacial score (nSPS) is 10.7. The van der Waals surface area contributed by atoms with Gasteiger partial charge >= 0.3 is 5.97 Å². The Morgan fingerprint density at radius 3 is 1.97 bits per heavy atom. The fourth-order valence-corrected chi connectivity index (χ4v) is 3.46. The lowest BCUT2D eigenvalue weighted by molar-refractivity contribution is -0.124. The first-order valence-electron chi connectivity index (χ1n) is 10.2. The van der Waals surface area contributed by atoms with Gasteiger partial charge in [0.2, 0.25) is 0 Å². The molecular formula is C26H22N2O4. The van der Waals surface area contributed by atoms with Gasteiger partial charge in [0.05, 0.1) is 6.04 Å². The average Bonchev–Trinajstić information content (AvgIpc) is 3.24. The van der Waals surface area contributed by atoms with Crippen molar-refractivity contribution in [1.82, 2.24) is 10.5 Å². The van der Waals surface area contributed by atoms with Gasteiger partial charge < -0.3 is 14.6 Å². The van der Waals surface area contributed by atoms with E-state index in [1.807, 2.05) is 91.0 Å². The Balaban J connectivity index is 1.47. The summed E-state index contributed by atoms with van der Waals surface area (Å²) in [7, 11) is 0. The van der Waals surface area contributed by atoms with E-state index in [0.717, 1.165) is 16.7 Å². The molecule has 4 rings (SSSR count). The van der Waals surface area contributed by atoms with E-state index in [2.05, 4.69) is 10.5 Å². The fraction of sp³-hybridized carbons (Fsp3) is 0.115. The van der Waals surface area contributed by atoms with Crippen LogP contribution < -0.4 is 5.32 Å². The van der Waals surface area contributed by atoms with E-state index < -0.39 is 18.5 Å². The molecule has 0 fully saturated rings. The number of carbonyl (C=O) groups is 2. The Morgan fingerprint density at radius 2 is 1.41 bits per heavy atom. The highest BCUT2D eigenvalue weighted by Gasteiger charge is 2.24. The minimum Gasteiger partial charge on any atom is -0.452 e. The summed E-state index contributed by atoms with van der Waals surface area (Å²) in [6.07, 6.45) is 0. The van der Waals surface area contributed by atoms with Gasteiger partial charge in [-0.1, -0.05) is 96.2 Å². The maximum atomic E-state index is 12.7. The van der Waals surface area contributed by atoms with Crippen LogP contribution in [0.4, 0.5) is 0 Å². The number of esters is 1. The Morgan fingerprint density at radius 1 is 0.875 bits per heavy atom. The van der Waals surface area contributed by atoms with Crippen molar-refractivity contribution in [3.8, 4) is 11.3 Å². The molecule has 0 aliphatic carbocycles. The zero-order valence-corrected chi connectivity index (χ0v) is 17.5. The summed E-state index contributed by atoms with van der Waals surface area (Å²) in [5.74, 6) is -0.735. The van der Waals surface area contributed by atoms with Crippen molar-refractivity contribution in [2.75, 3.05) is 6.61 Å². The summed E-state index contributed by atoms with van der Waals surface area (Å²) in [6.45, 7) is 1.21. The van der Waals surface area contributed by atoms with Crippen LogP contribution in [0.15, 0.2) is 95.5 Å². The summed E-state index contributed by atoms with van der Waals surface area (Å²) in [5.41, 5.74) is 3.19. The first kappa shape index (κ1) is 21.1. The standard InChI is InChI=1S/C26H22N2O4/c1-18-23(25(28-32-18)21-15-9-4-10-16-21)26(30)31-17-22(29)27-24(19-11-5-2-6-12-19)20-13-7-3-8-14-20/h2-16,24H,17H2,1H3,(H,27,29). The van der Waals surface area contributed by atoms with Crippen LogP contribution in [0.1, 0.15) is 33.3 Å². The summed E-state index contributed by atoms with van der Waals surface area (Å²) in [5, 5.41) is 6.94. The van der Waals surface area contributed by atoms with Gasteiger partial charge in [-0.05, 0) is 18.1 Å². The summed E-state index contributed by atoms with van der Waals surface area (Å²) in [6, 6.07) is 28.1. The fourth-order valence-electron chi connectivity index (χ4n) is 3.46. The number of rotatable bonds is 7. The first-order valence-corrected chi connectivity index (χ1v) is 10.2. The van der Waals surface area contributed by atoms with E-state index >= 15 is 0 Å². The molecule has 0 bridgehead atoms. The molecule has 1 heterocycles. The van der Waals surface area contributed by atoms with E-state index in [1.54, 1.807) is 6.92 Å². The van der Waals surface area contributed by atoms with Gasteiger partial charge in [-0.2, -0.15) is 0 Å². The van der Waals surface area contributed by atoms with Crippen molar-refractivity contribution in [3.63, 3.8) is 0 Å². The SMILES string of the molecule is Cc1onc(-c2ccccc2)c1C(=O)OCC(=O)NC(c1ccccc1)c1ccccc1. The number of benzene rings is 3. The van der Waals surface area contributed by atoms with Crippen molar-refractivity contribution in [3.05, 3.63) is 113 Å². The topological polar surface area (TPSA) is 81.4 Å². The Labute approximate surface area is 185 Å². The second kappa shape index (κ2) is 9.75. The van der Waals surface area contributed by atoms with Crippen molar-refractivity contribution in [2.45, 2.75) is 13.0 Å². The molecule has 0 aliphatic rings. The second-order valence-electron chi connectivity index (χ2n) is 7.23. The van der Waals surface area contributed by atoms with Crippen LogP contribution in [0.2, 0.25) is 0 Å². The molecule has 6 nitrogen and oxygen atoms in total. The van der Waals surface area contributed by atoms with E-state index in [1.165, 1.54) is 0 Å². The maximum Gasteiger partial charge on any atom is 0.344 e. The average molecular weight is 426 g/mol. The summed E-state index contributed by atoms with van der Waals surface area (Å²) in [4.78, 5) is 25.4. The molecule has 160 valence electrons. The number of ether oxygens (including phenoxy) is 1. The molecule has 0 saturated carbocycles. The maximum absolute atomic E-state index is 12.7. The molecule has 0 atom stereocenters. The zero-order valence-electron chi connectivity index (χ0n) is 17.5. The van der Waals surface area contributed by atoms with E-state index in [4.69, 9.17) is 9.26 Å². The minimum atomic E-state index is -0.659. The van der Waals surface area contributed by atoms with Crippen molar-refractivity contribution in [1.29, 1.82) is 0 Å². The van der Waals surface area contributed by atoms with Gasteiger partial charge in [-0.3, -0.25) is 4.79 Å². The molecule has 0 unspecified atom stereocenters. The highest BCUT2D eigenvalue weighted by molar-refractivity contribution is 5.98. The number of aryl methyl sites for hydroxylation is 1. The first-order chi connectivity index (χ1) is 15.6. The van der Waals surface area contributed by atoms with E-state index in [0.29, 0.717) is 11.5 Å². The van der Waals surface area contributed by atoms with Crippen LogP contribution in [0.25, 0.3) is 11.3 Å². The van der Waals surface area contributed by atoms with Gasteiger partial charge in [0.15, 0.2) is 6.61 Å². The van der Waals surface area contributed by atoms with Gasteiger partial charge in [0.1, 0.15) is 17.0 Å². The smallest absolute Gasteiger partial charge is 0.344 e. The molecular weight excluding hydrogens is 404 g/mol. The molecule has 0 radical (unpaired) electrons. The lowest BCUT2D eigenvalue weighted by Crippen LogP contribution is -2.33. The third-order valence-corrected chi connectivity index (χ3v) is 5.02. The van der Waals surface area contributed by atoms with Gasteiger partial charge in [-0.25, -0.2) is 4.79 Å². The molecule has 6 heteroatoms. The van der Waals surface area contributed by atoms with Crippen LogP contribution >= 0.6 is 0 Å². The quantitative estimate of drug-likeness (QED) is 0.433. The highest BCUT2D eigenvalue weighted by Crippen LogP contribution is 2.26. The Bertz CT molecular complexity index is 1150. The van der Waals surface area contributed by atoms with Crippen molar-refractivity contribution < 1.29 is 18.8 Å². The summed E-state index contributed by atoms with van der Waals surface area (Å²) >= 11 is 0. The number of carbonyl (C=O) groups excluding carboxylic acids is 2. The number of nitrogens with one attached hydrogen (secondary N) is 1. The van der Waals surface area contributed by atoms with Gasteiger partial charge in [-0.15, -0.1) is 0 Å². The molecule has 0 spiro atoms. The number of nitrogens with zero attached hydrogens (tertiary/aromatic N) is 1. The lowest BCUT2D eigenvalue weighted by Gasteiger charge is -2.20. The lowest BCUT2D eigenvalue weighted by atomic mass is 9.99. The molecule has 0 aliphatic heterocycles. The predicted octanol–water partition coefficient (Wildman–Crippen LogP) is 4.71. The molecule has 3 aromatic carbocycles. The molecule has 1 aromatic heterocycles. The number of amides is 1. The zero-order chi connectivity index (χ0) is 22.3. The minimum absolute atomic E-state index is 0.215. The highest BCUT2D eigenvalue weighted by atomic mass is 16.5. The van der Waals surface area contributed by atoms with Crippen LogP contribution in [0.3, 0.4) is 0 Å². The summed E-state index contributed by atoms with van der Waals surface area (Å²) < 4.78 is 10.5. The third-order valence-electron chi connectivity index (χ3n) is 5.02. The van der Waals surface area contributed by atoms with Crippen molar-refractivity contribution >= 4 is 11.9 Å². The van der Waals surface area contributed by atoms with Gasteiger partial charge in [0, 0.05) is 5.56 Å². The Kier molecular flexibility index (Phi) is 6.41. The second-order valence-corrected chi connectivity index (χ2v) is 7.23. The van der Waals surface area contributed by atoms with E-state index in [9.17, 15) is 9.59 Å². The monoisotopic (exact) mass is 426 g/mol.